The van der Waals surface area contributed by atoms with E-state index in [-0.39, 0.29) is 23.8 Å². The molecule has 25 heavy (non-hydrogen) atoms. The third-order valence-corrected chi connectivity index (χ3v) is 6.75. The first-order valence-corrected chi connectivity index (χ1v) is 9.39. The normalized spacial score (nSPS) is 39.3. The van der Waals surface area contributed by atoms with Crippen LogP contribution in [0.25, 0.3) is 0 Å². The molecule has 2 rings (SSSR count). The van der Waals surface area contributed by atoms with E-state index in [4.69, 9.17) is 9.47 Å². The maximum atomic E-state index is 13.2. The van der Waals surface area contributed by atoms with Gasteiger partial charge in [0, 0.05) is 10.8 Å². The Labute approximate surface area is 152 Å². The van der Waals surface area contributed by atoms with Gasteiger partial charge in [-0.1, -0.05) is 53.7 Å². The Morgan fingerprint density at radius 2 is 1.12 bits per heavy atom. The second kappa shape index (κ2) is 6.14. The number of esters is 2. The fraction of sp³-hybridized carbons (Fsp3) is 0.810. The smallest absolute Gasteiger partial charge is 0.313 e. The van der Waals surface area contributed by atoms with Gasteiger partial charge in [-0.15, -0.1) is 0 Å². The number of rotatable bonds is 6. The molecular formula is C21H34O4. The van der Waals surface area contributed by atoms with Crippen LogP contribution < -0.4 is 0 Å². The number of hydrogen-bond acceptors (Lipinski definition) is 4. The van der Waals surface area contributed by atoms with Crippen LogP contribution in [0, 0.1) is 33.5 Å². The zero-order valence-electron chi connectivity index (χ0n) is 17.1. The predicted molar refractivity (Wildman–Crippen MR) is 97.8 cm³/mol. The fourth-order valence-corrected chi connectivity index (χ4v) is 4.73. The van der Waals surface area contributed by atoms with Gasteiger partial charge in [0.1, 0.15) is 0 Å². The van der Waals surface area contributed by atoms with Crippen molar-refractivity contribution >= 4 is 11.9 Å². The van der Waals surface area contributed by atoms with Crippen LogP contribution in [0.15, 0.2) is 12.2 Å². The number of allylic oxidation sites excluding steroid dienone is 2. The van der Waals surface area contributed by atoms with E-state index >= 15 is 0 Å². The van der Waals surface area contributed by atoms with Gasteiger partial charge in [0.25, 0.3) is 0 Å². The van der Waals surface area contributed by atoms with Gasteiger partial charge < -0.3 is 9.47 Å². The molecule has 0 aromatic carbocycles. The molecule has 2 unspecified atom stereocenters. The fourth-order valence-electron chi connectivity index (χ4n) is 4.73. The topological polar surface area (TPSA) is 52.6 Å². The average molecular weight is 350 g/mol. The monoisotopic (exact) mass is 350 g/mol. The molecule has 0 aromatic rings. The summed E-state index contributed by atoms with van der Waals surface area (Å²) < 4.78 is 11.3. The average Bonchev–Trinajstić information content (AvgIpc) is 2.91. The standard InChI is InChI=1S/C21H34O4/c1-14(2)11-24-16(22)20(7)18(5)9-10-19(6,13-18)21(20,8)17(23)25-12-15(3)4/h9-10,14-15H,11-13H2,1-8H3/t18-,19-,20?,21?/m1/s1. The maximum Gasteiger partial charge on any atom is 0.313 e. The minimum atomic E-state index is -0.952. The van der Waals surface area contributed by atoms with Crippen LogP contribution >= 0.6 is 0 Å². The Morgan fingerprint density at radius 1 is 0.800 bits per heavy atom. The summed E-state index contributed by atoms with van der Waals surface area (Å²) in [5, 5.41) is 0. The molecule has 0 spiro atoms. The summed E-state index contributed by atoms with van der Waals surface area (Å²) in [6.45, 7) is 16.7. The molecule has 142 valence electrons. The van der Waals surface area contributed by atoms with Crippen LogP contribution in [0.5, 0.6) is 0 Å². The van der Waals surface area contributed by atoms with Crippen LogP contribution in [-0.4, -0.2) is 25.2 Å². The Kier molecular flexibility index (Phi) is 4.91. The van der Waals surface area contributed by atoms with Gasteiger partial charge in [0.05, 0.1) is 24.0 Å². The molecule has 2 bridgehead atoms. The van der Waals surface area contributed by atoms with Crippen molar-refractivity contribution in [2.24, 2.45) is 33.5 Å². The number of hydrogen-bond donors (Lipinski definition) is 0. The molecule has 0 aliphatic heterocycles. The lowest BCUT2D eigenvalue weighted by molar-refractivity contribution is -0.188. The van der Waals surface area contributed by atoms with Crippen molar-refractivity contribution in [1.29, 1.82) is 0 Å². The zero-order chi connectivity index (χ0) is 19.3. The molecule has 2 aliphatic carbocycles. The van der Waals surface area contributed by atoms with Gasteiger partial charge in [0.2, 0.25) is 0 Å². The summed E-state index contributed by atoms with van der Waals surface area (Å²) in [6, 6.07) is 0. The van der Waals surface area contributed by atoms with Gasteiger partial charge >= 0.3 is 11.9 Å². The largest absolute Gasteiger partial charge is 0.465 e. The van der Waals surface area contributed by atoms with Crippen LogP contribution in [0.4, 0.5) is 0 Å². The van der Waals surface area contributed by atoms with Crippen molar-refractivity contribution in [1.82, 2.24) is 0 Å². The minimum Gasteiger partial charge on any atom is -0.465 e. The highest BCUT2D eigenvalue weighted by Crippen LogP contribution is 2.75. The van der Waals surface area contributed by atoms with Crippen molar-refractivity contribution in [3.63, 3.8) is 0 Å². The lowest BCUT2D eigenvalue weighted by Crippen LogP contribution is -2.58. The van der Waals surface area contributed by atoms with Crippen LogP contribution in [0.1, 0.15) is 61.8 Å². The van der Waals surface area contributed by atoms with E-state index in [0.717, 1.165) is 6.42 Å². The molecule has 4 heteroatoms. The lowest BCUT2D eigenvalue weighted by Gasteiger charge is -2.50. The van der Waals surface area contributed by atoms with Crippen molar-refractivity contribution in [3.8, 4) is 0 Å². The Balaban J connectivity index is 2.45. The van der Waals surface area contributed by atoms with Crippen molar-refractivity contribution in [2.75, 3.05) is 13.2 Å². The SMILES string of the molecule is CC(C)COC(=O)C1(C)C(C)(C(=O)OCC(C)C)[C@]2(C)C=C[C@]1(C)C2. The predicted octanol–water partition coefficient (Wildman–Crippen LogP) is 4.38. The highest BCUT2D eigenvalue weighted by molar-refractivity contribution is 5.92. The Bertz CT molecular complexity index is 543. The third kappa shape index (κ3) is 2.63. The summed E-state index contributed by atoms with van der Waals surface area (Å²) in [6.07, 6.45) is 4.95. The van der Waals surface area contributed by atoms with Gasteiger partial charge in [-0.25, -0.2) is 0 Å². The molecule has 0 radical (unpaired) electrons. The minimum absolute atomic E-state index is 0.254. The first kappa shape index (κ1) is 20.0. The summed E-state index contributed by atoms with van der Waals surface area (Å²) in [5.74, 6) is -0.0741. The van der Waals surface area contributed by atoms with Crippen LogP contribution in [0.2, 0.25) is 0 Å². The van der Waals surface area contributed by atoms with E-state index in [0.29, 0.717) is 13.2 Å². The molecule has 0 saturated heterocycles. The Hall–Kier alpha value is -1.32. The van der Waals surface area contributed by atoms with E-state index in [1.807, 2.05) is 41.5 Å². The third-order valence-electron chi connectivity index (χ3n) is 6.75. The molecule has 4 nitrogen and oxygen atoms in total. The van der Waals surface area contributed by atoms with Crippen molar-refractivity contribution in [2.45, 2.75) is 61.8 Å². The van der Waals surface area contributed by atoms with E-state index < -0.39 is 21.7 Å². The summed E-state index contributed by atoms with van der Waals surface area (Å²) >= 11 is 0. The van der Waals surface area contributed by atoms with Crippen molar-refractivity contribution in [3.05, 3.63) is 12.2 Å². The van der Waals surface area contributed by atoms with E-state index in [9.17, 15) is 9.59 Å². The summed E-state index contributed by atoms with van der Waals surface area (Å²) in [5.41, 5.74) is -2.73. The first-order valence-electron chi connectivity index (χ1n) is 9.39. The van der Waals surface area contributed by atoms with Gasteiger partial charge in [0.15, 0.2) is 0 Å². The Morgan fingerprint density at radius 3 is 1.40 bits per heavy atom. The second-order valence-electron chi connectivity index (χ2n) is 9.58. The molecule has 4 atom stereocenters. The molecule has 1 saturated carbocycles. The first-order chi connectivity index (χ1) is 11.3. The second-order valence-corrected chi connectivity index (χ2v) is 9.58. The highest BCUT2D eigenvalue weighted by atomic mass is 16.5. The number of fused-ring (bicyclic) bond motifs is 2. The van der Waals surface area contributed by atoms with E-state index in [1.54, 1.807) is 0 Å². The highest BCUT2D eigenvalue weighted by Gasteiger charge is 2.78. The van der Waals surface area contributed by atoms with E-state index in [1.165, 1.54) is 0 Å². The maximum absolute atomic E-state index is 13.2. The molecule has 0 aromatic heterocycles. The molecule has 0 heterocycles. The van der Waals surface area contributed by atoms with Gasteiger partial charge in [-0.2, -0.15) is 0 Å². The molecule has 1 fully saturated rings. The van der Waals surface area contributed by atoms with Crippen molar-refractivity contribution < 1.29 is 19.1 Å². The summed E-state index contributed by atoms with van der Waals surface area (Å²) in [7, 11) is 0. The molecular weight excluding hydrogens is 316 g/mol. The lowest BCUT2D eigenvalue weighted by atomic mass is 9.52. The van der Waals surface area contributed by atoms with Gasteiger partial charge in [-0.05, 0) is 32.1 Å². The summed E-state index contributed by atoms with van der Waals surface area (Å²) in [4.78, 5) is 26.4. The molecule has 2 aliphatic rings. The number of carbonyl (C=O) groups excluding carboxylic acids is 2. The molecule has 0 amide bonds. The number of ether oxygens (including phenoxy) is 2. The molecule has 0 N–H and O–H groups in total. The van der Waals surface area contributed by atoms with E-state index in [2.05, 4.69) is 26.0 Å². The number of carbonyl (C=O) groups is 2. The zero-order valence-corrected chi connectivity index (χ0v) is 17.1. The van der Waals surface area contributed by atoms with Crippen LogP contribution in [-0.2, 0) is 19.1 Å². The van der Waals surface area contributed by atoms with Gasteiger partial charge in [-0.3, -0.25) is 9.59 Å². The quantitative estimate of drug-likeness (QED) is 0.527. The van der Waals surface area contributed by atoms with Crippen LogP contribution in [0.3, 0.4) is 0 Å².